The van der Waals surface area contributed by atoms with Gasteiger partial charge in [-0.05, 0) is 113 Å². The third-order valence-corrected chi connectivity index (χ3v) is 10.0. The zero-order valence-corrected chi connectivity index (χ0v) is 28.1. The largest absolute Gasteiger partial charge is 0.573 e. The molecule has 0 fully saturated rings. The number of aryl methyl sites for hydroxylation is 4. The van der Waals surface area contributed by atoms with Crippen molar-refractivity contribution in [1.29, 1.82) is 0 Å². The molecule has 9 rings (SSSR count). The van der Waals surface area contributed by atoms with Gasteiger partial charge in [0.2, 0.25) is 0 Å². The lowest BCUT2D eigenvalue weighted by atomic mass is 9.33. The first-order valence-corrected chi connectivity index (χ1v) is 16.8. The Kier molecular flexibility index (Phi) is 6.63. The van der Waals surface area contributed by atoms with E-state index in [-0.39, 0.29) is 12.5 Å². The van der Waals surface area contributed by atoms with E-state index in [9.17, 15) is 13.2 Å². The number of anilines is 6. The molecule has 50 heavy (non-hydrogen) atoms. The quantitative estimate of drug-likeness (QED) is 0.176. The van der Waals surface area contributed by atoms with Gasteiger partial charge in [-0.2, -0.15) is 0 Å². The van der Waals surface area contributed by atoms with Crippen LogP contribution in [0.4, 0.5) is 47.3 Å². The number of hydrogen-bond donors (Lipinski definition) is 0. The molecule has 0 saturated heterocycles. The molecule has 3 nitrogen and oxygen atoms in total. The Morgan fingerprint density at radius 3 is 1.38 bits per heavy atom. The molecule has 2 aliphatic heterocycles. The van der Waals surface area contributed by atoms with E-state index in [2.05, 4.69) is 96.4 Å². The van der Waals surface area contributed by atoms with Crippen LogP contribution in [-0.2, 0) is 0 Å². The van der Waals surface area contributed by atoms with Crippen molar-refractivity contribution >= 4 is 78.8 Å². The van der Waals surface area contributed by atoms with Crippen LogP contribution >= 0.6 is 0 Å². The zero-order chi connectivity index (χ0) is 34.5. The molecular formula is C43H32BF3N2O. The lowest BCUT2D eigenvalue weighted by Gasteiger charge is -2.44. The molecule has 2 heterocycles. The highest BCUT2D eigenvalue weighted by molar-refractivity contribution is 7.00. The summed E-state index contributed by atoms with van der Waals surface area (Å²) in [5.74, 6) is -0.263. The van der Waals surface area contributed by atoms with Crippen LogP contribution in [0.2, 0.25) is 0 Å². The molecule has 0 N–H and O–H groups in total. The normalized spacial score (nSPS) is 13.4. The molecule has 0 aromatic heterocycles. The van der Waals surface area contributed by atoms with E-state index in [1.54, 1.807) is 12.1 Å². The SMILES string of the molecule is Cc1cccc(N2c3cc4cc(C)ccc4cc3B3c4cc5ccc(C)cc5cc4N(c4cccc(C)c4)c4cc(OC(F)(F)F)cc2c43)c1. The number of fused-ring (bicyclic) bond motifs is 6. The van der Waals surface area contributed by atoms with Gasteiger partial charge in [0.05, 0.1) is 0 Å². The Bertz CT molecular complexity index is 2380. The Morgan fingerprint density at radius 2 is 0.940 bits per heavy atom. The van der Waals surface area contributed by atoms with Crippen molar-refractivity contribution in [3.63, 3.8) is 0 Å². The predicted molar refractivity (Wildman–Crippen MR) is 201 cm³/mol. The average molecular weight is 661 g/mol. The number of halogens is 3. The van der Waals surface area contributed by atoms with Crippen molar-refractivity contribution in [3.05, 3.63) is 144 Å². The first kappa shape index (κ1) is 30.4. The minimum atomic E-state index is -4.87. The maximum atomic E-state index is 14.1. The smallest absolute Gasteiger partial charge is 0.406 e. The highest BCUT2D eigenvalue weighted by Gasteiger charge is 2.45. The number of nitrogens with zero attached hydrogens (tertiary/aromatic N) is 2. The van der Waals surface area contributed by atoms with Gasteiger partial charge in [-0.25, -0.2) is 0 Å². The van der Waals surface area contributed by atoms with E-state index in [1.165, 1.54) is 0 Å². The maximum Gasteiger partial charge on any atom is 0.573 e. The van der Waals surface area contributed by atoms with Gasteiger partial charge in [-0.3, -0.25) is 0 Å². The van der Waals surface area contributed by atoms with Crippen LogP contribution in [0, 0.1) is 27.7 Å². The summed E-state index contributed by atoms with van der Waals surface area (Å²) in [4.78, 5) is 4.24. The van der Waals surface area contributed by atoms with E-state index < -0.39 is 6.36 Å². The molecule has 7 aromatic rings. The molecule has 2 aliphatic rings. The van der Waals surface area contributed by atoms with Gasteiger partial charge in [0.1, 0.15) is 5.75 Å². The first-order valence-electron chi connectivity index (χ1n) is 16.8. The summed E-state index contributed by atoms with van der Waals surface area (Å²) in [5.41, 5.74) is 12.4. The third kappa shape index (κ3) is 4.91. The van der Waals surface area contributed by atoms with E-state index in [4.69, 9.17) is 4.74 Å². The standard InChI is InChI=1S/C43H32BF3N2O/c1-25-7-5-9-33(17-25)48-38-21-31-15-27(3)11-13-29(31)19-36(38)44-37-20-30-14-12-28(4)16-32(30)22-39(37)49(34-10-6-8-26(2)18-34)41-24-35(50-43(45,46)47)23-40(48)42(41)44/h5-24H,1-4H3. The van der Waals surface area contributed by atoms with Crippen LogP contribution in [0.5, 0.6) is 5.75 Å². The van der Waals surface area contributed by atoms with Gasteiger partial charge in [0.25, 0.3) is 6.71 Å². The van der Waals surface area contributed by atoms with Crippen molar-refractivity contribution in [1.82, 2.24) is 0 Å². The van der Waals surface area contributed by atoms with Crippen LogP contribution in [-0.4, -0.2) is 13.1 Å². The second kappa shape index (κ2) is 10.9. The summed E-state index contributed by atoms with van der Waals surface area (Å²) in [7, 11) is 0. The van der Waals surface area contributed by atoms with Gasteiger partial charge in [0, 0.05) is 46.3 Å². The summed E-state index contributed by atoms with van der Waals surface area (Å²) in [6.07, 6.45) is -4.87. The summed E-state index contributed by atoms with van der Waals surface area (Å²) < 4.78 is 47.1. The van der Waals surface area contributed by atoms with Crippen molar-refractivity contribution < 1.29 is 17.9 Å². The molecule has 0 spiro atoms. The predicted octanol–water partition coefficient (Wildman–Crippen LogP) is 10.2. The summed E-state index contributed by atoms with van der Waals surface area (Å²) in [5, 5.41) is 4.36. The van der Waals surface area contributed by atoms with Crippen molar-refractivity contribution in [2.75, 3.05) is 9.80 Å². The Balaban J connectivity index is 1.45. The van der Waals surface area contributed by atoms with Gasteiger partial charge in [-0.15, -0.1) is 13.2 Å². The third-order valence-electron chi connectivity index (χ3n) is 10.0. The van der Waals surface area contributed by atoms with Gasteiger partial charge in [-0.1, -0.05) is 83.9 Å². The molecule has 7 heteroatoms. The number of rotatable bonds is 3. The Hall–Kier alpha value is -5.69. The van der Waals surface area contributed by atoms with Gasteiger partial charge in [0.15, 0.2) is 0 Å². The van der Waals surface area contributed by atoms with Gasteiger partial charge >= 0.3 is 6.36 Å². The van der Waals surface area contributed by atoms with Crippen LogP contribution in [0.25, 0.3) is 21.5 Å². The van der Waals surface area contributed by atoms with E-state index in [0.717, 1.165) is 82.9 Å². The molecule has 244 valence electrons. The zero-order valence-electron chi connectivity index (χ0n) is 28.1. The highest BCUT2D eigenvalue weighted by atomic mass is 19.4. The number of alkyl halides is 3. The molecule has 7 aromatic carbocycles. The Labute approximate surface area is 289 Å². The minimum Gasteiger partial charge on any atom is -0.406 e. The molecule has 0 amide bonds. The highest BCUT2D eigenvalue weighted by Crippen LogP contribution is 2.47. The first-order chi connectivity index (χ1) is 24.0. The van der Waals surface area contributed by atoms with Crippen molar-refractivity contribution in [3.8, 4) is 5.75 Å². The summed E-state index contributed by atoms with van der Waals surface area (Å²) in [6, 6.07) is 41.2. The fourth-order valence-corrected chi connectivity index (χ4v) is 7.98. The number of hydrogen-bond acceptors (Lipinski definition) is 3. The molecule has 0 atom stereocenters. The average Bonchev–Trinajstić information content (AvgIpc) is 3.05. The molecule has 0 unspecified atom stereocenters. The lowest BCUT2D eigenvalue weighted by molar-refractivity contribution is -0.274. The molecular weight excluding hydrogens is 628 g/mol. The second-order valence-electron chi connectivity index (χ2n) is 13.7. The lowest BCUT2D eigenvalue weighted by Crippen LogP contribution is -2.61. The fraction of sp³-hybridized carbons (Fsp3) is 0.116. The molecule has 0 aliphatic carbocycles. The van der Waals surface area contributed by atoms with Crippen molar-refractivity contribution in [2.45, 2.75) is 34.1 Å². The molecule has 0 saturated carbocycles. The van der Waals surface area contributed by atoms with Crippen LogP contribution in [0.15, 0.2) is 121 Å². The molecule has 0 bridgehead atoms. The van der Waals surface area contributed by atoms with Crippen LogP contribution in [0.3, 0.4) is 0 Å². The second-order valence-corrected chi connectivity index (χ2v) is 13.7. The fourth-order valence-electron chi connectivity index (χ4n) is 7.98. The monoisotopic (exact) mass is 660 g/mol. The van der Waals surface area contributed by atoms with Crippen LogP contribution in [0.1, 0.15) is 22.3 Å². The van der Waals surface area contributed by atoms with E-state index in [1.807, 2.05) is 50.2 Å². The van der Waals surface area contributed by atoms with E-state index in [0.29, 0.717) is 11.4 Å². The number of ether oxygens (including phenoxy) is 1. The summed E-state index contributed by atoms with van der Waals surface area (Å²) >= 11 is 0. The maximum absolute atomic E-state index is 14.1. The van der Waals surface area contributed by atoms with Crippen molar-refractivity contribution in [2.24, 2.45) is 0 Å². The minimum absolute atomic E-state index is 0.261. The topological polar surface area (TPSA) is 15.7 Å². The number of benzene rings is 7. The molecule has 0 radical (unpaired) electrons. The van der Waals surface area contributed by atoms with E-state index >= 15 is 0 Å². The van der Waals surface area contributed by atoms with Crippen LogP contribution < -0.4 is 30.9 Å². The Morgan fingerprint density at radius 1 is 0.480 bits per heavy atom. The van der Waals surface area contributed by atoms with Gasteiger partial charge < -0.3 is 14.5 Å². The summed E-state index contributed by atoms with van der Waals surface area (Å²) in [6.45, 7) is 7.95.